The summed E-state index contributed by atoms with van der Waals surface area (Å²) in [7, 11) is 0. The zero-order valence-electron chi connectivity index (χ0n) is 2.14. The Kier molecular flexibility index (Phi) is 112. The van der Waals surface area contributed by atoms with Crippen LogP contribution in [0.5, 0.6) is 0 Å². The minimum atomic E-state index is 0.250. The maximum absolute atomic E-state index is 8.12. The van der Waals surface area contributed by atoms with Gasteiger partial charge in [0.15, 0.2) is 0 Å². The lowest BCUT2D eigenvalue weighted by molar-refractivity contribution is -0.191. The van der Waals surface area contributed by atoms with Gasteiger partial charge in [0, 0.05) is 0 Å². The van der Waals surface area contributed by atoms with Crippen LogP contribution in [0.25, 0.3) is 0 Å². The maximum Gasteiger partial charge on any atom is 0.373 e. The van der Waals surface area contributed by atoms with Gasteiger partial charge in [-0.2, -0.15) is 9.59 Å². The van der Waals surface area contributed by atoms with Gasteiger partial charge in [-0.1, -0.05) is 0 Å². The average molecular weight is 96.5 g/mol. The third-order valence-electron chi connectivity index (χ3n) is 0. The van der Waals surface area contributed by atoms with Gasteiger partial charge in [0.1, 0.15) is 0 Å². The van der Waals surface area contributed by atoms with Crippen molar-refractivity contribution in [2.45, 2.75) is 0 Å². The molecular formula is CHClO3. The van der Waals surface area contributed by atoms with E-state index in [4.69, 9.17) is 14.2 Å². The van der Waals surface area contributed by atoms with E-state index in [2.05, 4.69) is 11.9 Å². The molecule has 0 atom stereocenters. The molecule has 0 aromatic heterocycles. The van der Waals surface area contributed by atoms with Gasteiger partial charge in [-0.3, -0.25) is 4.66 Å². The molecule has 0 aromatic carbocycles. The van der Waals surface area contributed by atoms with Gasteiger partial charge in [-0.05, 0) is 0 Å². The van der Waals surface area contributed by atoms with Crippen molar-refractivity contribution in [3.8, 4) is 0 Å². The van der Waals surface area contributed by atoms with Crippen LogP contribution in [0, 0.1) is 0 Å². The molecule has 0 spiro atoms. The topological polar surface area (TPSA) is 54.4 Å². The maximum atomic E-state index is 8.12. The van der Waals surface area contributed by atoms with E-state index in [-0.39, 0.29) is 6.15 Å². The van der Waals surface area contributed by atoms with Crippen LogP contribution < -0.4 is 0 Å². The van der Waals surface area contributed by atoms with Crippen LogP contribution in [-0.2, 0) is 9.59 Å². The molecule has 0 fully saturated rings. The first kappa shape index (κ1) is 8.82. The van der Waals surface area contributed by atoms with E-state index < -0.39 is 0 Å². The second kappa shape index (κ2) is 63.3. The summed E-state index contributed by atoms with van der Waals surface area (Å²) >= 11 is 3.64. The van der Waals surface area contributed by atoms with Gasteiger partial charge in [0.2, 0.25) is 0 Å². The SMILES string of the molecule is O=C=O.OCl. The van der Waals surface area contributed by atoms with Crippen LogP contribution in [0.1, 0.15) is 0 Å². The Hall–Kier alpha value is -0.370. The molecule has 0 saturated heterocycles. The lowest BCUT2D eigenvalue weighted by Gasteiger charge is -1.13. The Morgan fingerprint density at radius 2 is 1.40 bits per heavy atom. The van der Waals surface area contributed by atoms with E-state index in [0.717, 1.165) is 0 Å². The van der Waals surface area contributed by atoms with Gasteiger partial charge in [-0.15, -0.1) is 0 Å². The molecule has 0 unspecified atom stereocenters. The van der Waals surface area contributed by atoms with Crippen LogP contribution >= 0.6 is 11.9 Å². The van der Waals surface area contributed by atoms with Gasteiger partial charge < -0.3 is 0 Å². The number of carbonyl (C=O) groups excluding carboxylic acids is 2. The van der Waals surface area contributed by atoms with Crippen LogP contribution in [0.15, 0.2) is 0 Å². The molecular weight excluding hydrogens is 95.5 g/mol. The standard InChI is InChI=1S/CO2.ClHO/c2-1-3;1-2/h;2H. The third-order valence-corrected chi connectivity index (χ3v) is 0. The molecule has 1 N–H and O–H groups in total. The zero-order chi connectivity index (χ0) is 4.71. The average Bonchev–Trinajstić information content (AvgIpc) is 1.46. The highest BCUT2D eigenvalue weighted by Crippen LogP contribution is 1.31. The van der Waals surface area contributed by atoms with Crippen molar-refractivity contribution in [1.29, 1.82) is 0 Å². The smallest absolute Gasteiger partial charge is 0.295 e. The summed E-state index contributed by atoms with van der Waals surface area (Å²) in [5.74, 6) is 0. The minimum absolute atomic E-state index is 0.250. The molecule has 0 aliphatic heterocycles. The number of halogens is 1. The molecule has 0 heterocycles. The summed E-state index contributed by atoms with van der Waals surface area (Å²) < 4.78 is 6.47. The predicted molar refractivity (Wildman–Crippen MR) is 13.1 cm³/mol. The molecule has 0 saturated carbocycles. The van der Waals surface area contributed by atoms with Crippen molar-refractivity contribution in [2.75, 3.05) is 0 Å². The molecule has 0 radical (unpaired) electrons. The molecule has 0 aliphatic rings. The van der Waals surface area contributed by atoms with Gasteiger partial charge in [0.05, 0.1) is 11.9 Å². The largest absolute Gasteiger partial charge is 0.373 e. The summed E-state index contributed by atoms with van der Waals surface area (Å²) in [5, 5.41) is 0. The summed E-state index contributed by atoms with van der Waals surface area (Å²) in [6, 6.07) is 0. The van der Waals surface area contributed by atoms with Gasteiger partial charge in [0.25, 0.3) is 0 Å². The summed E-state index contributed by atoms with van der Waals surface area (Å²) in [6.45, 7) is 0. The molecule has 3 nitrogen and oxygen atoms in total. The molecule has 0 aromatic rings. The van der Waals surface area contributed by atoms with Crippen molar-refractivity contribution < 1.29 is 14.2 Å². The first-order chi connectivity index (χ1) is 2.41. The van der Waals surface area contributed by atoms with E-state index in [1.807, 2.05) is 0 Å². The highest BCUT2D eigenvalue weighted by molar-refractivity contribution is 6.04. The Bertz CT molecular complexity index is 27.9. The Morgan fingerprint density at radius 3 is 1.40 bits per heavy atom. The first-order valence-electron chi connectivity index (χ1n) is 0.577. The van der Waals surface area contributed by atoms with E-state index >= 15 is 0 Å². The van der Waals surface area contributed by atoms with Crippen molar-refractivity contribution in [3.63, 3.8) is 0 Å². The molecule has 0 bridgehead atoms. The molecule has 0 rings (SSSR count). The molecule has 0 amide bonds. The van der Waals surface area contributed by atoms with E-state index in [9.17, 15) is 0 Å². The van der Waals surface area contributed by atoms with Crippen LogP contribution in [0.3, 0.4) is 0 Å². The monoisotopic (exact) mass is 96.0 g/mol. The molecule has 5 heavy (non-hydrogen) atoms. The lowest BCUT2D eigenvalue weighted by atomic mass is 11.8. The fraction of sp³-hybridized carbons (Fsp3) is 0. The summed E-state index contributed by atoms with van der Waals surface area (Å²) in [6.07, 6.45) is 0.250. The number of hydrogen-bond acceptors (Lipinski definition) is 3. The minimum Gasteiger partial charge on any atom is -0.295 e. The van der Waals surface area contributed by atoms with Crippen LogP contribution in [-0.4, -0.2) is 10.8 Å². The number of rotatable bonds is 0. The fourth-order valence-corrected chi connectivity index (χ4v) is 0. The van der Waals surface area contributed by atoms with Gasteiger partial charge >= 0.3 is 6.15 Å². The summed E-state index contributed by atoms with van der Waals surface area (Å²) in [5.41, 5.74) is 0. The first-order valence-corrected chi connectivity index (χ1v) is 0.915. The normalized spacial score (nSPS) is 2.80. The summed E-state index contributed by atoms with van der Waals surface area (Å²) in [4.78, 5) is 16.2. The van der Waals surface area contributed by atoms with Crippen molar-refractivity contribution >= 4 is 18.0 Å². The Morgan fingerprint density at radius 1 is 1.40 bits per heavy atom. The molecule has 0 aliphatic carbocycles. The lowest BCUT2D eigenvalue weighted by Crippen LogP contribution is -1.22. The third kappa shape index (κ3) is 70.4. The van der Waals surface area contributed by atoms with Crippen molar-refractivity contribution in [1.82, 2.24) is 0 Å². The second-order valence-corrected chi connectivity index (χ2v) is 0.0833. The van der Waals surface area contributed by atoms with E-state index in [0.29, 0.717) is 0 Å². The van der Waals surface area contributed by atoms with E-state index in [1.54, 1.807) is 0 Å². The fourth-order valence-electron chi connectivity index (χ4n) is 0. The van der Waals surface area contributed by atoms with Crippen LogP contribution in [0.4, 0.5) is 0 Å². The van der Waals surface area contributed by atoms with Crippen molar-refractivity contribution in [2.24, 2.45) is 0 Å². The van der Waals surface area contributed by atoms with Crippen LogP contribution in [0.2, 0.25) is 0 Å². The molecule has 4 heteroatoms. The Balaban J connectivity index is 0. The second-order valence-electron chi connectivity index (χ2n) is 0.0833. The molecule has 30 valence electrons. The highest BCUT2D eigenvalue weighted by Gasteiger charge is 1.13. The zero-order valence-corrected chi connectivity index (χ0v) is 2.90. The van der Waals surface area contributed by atoms with E-state index in [1.165, 1.54) is 0 Å². The van der Waals surface area contributed by atoms with Crippen molar-refractivity contribution in [3.05, 3.63) is 0 Å². The number of hydrogen-bond donors (Lipinski definition) is 1. The highest BCUT2D eigenvalue weighted by atomic mass is 35.5. The van der Waals surface area contributed by atoms with Gasteiger partial charge in [-0.25, -0.2) is 0 Å². The quantitative estimate of drug-likeness (QED) is 0.444. The predicted octanol–water partition coefficient (Wildman–Crippen LogP) is -0.451. The Labute approximate surface area is 33.3 Å².